The molecule has 0 aliphatic rings. The monoisotopic (exact) mass is 190 g/mol. The molecular weight excluding hydrogens is 176 g/mol. The van der Waals surface area contributed by atoms with Crippen LogP contribution in [0.4, 0.5) is 0 Å². The molecule has 0 aromatic heterocycles. The van der Waals surface area contributed by atoms with Crippen molar-refractivity contribution in [2.24, 2.45) is 0 Å². The first kappa shape index (κ1) is 10.7. The molecule has 14 heavy (non-hydrogen) atoms. The lowest BCUT2D eigenvalue weighted by molar-refractivity contribution is 0.185. The number of hydrogen-bond donors (Lipinski definition) is 1. The van der Waals surface area contributed by atoms with Gasteiger partial charge in [0.15, 0.2) is 0 Å². The van der Waals surface area contributed by atoms with E-state index in [-0.39, 0.29) is 0 Å². The molecule has 0 aliphatic heterocycles. The van der Waals surface area contributed by atoms with E-state index in [1.165, 1.54) is 5.56 Å². The van der Waals surface area contributed by atoms with E-state index >= 15 is 0 Å². The van der Waals surface area contributed by atoms with Crippen LogP contribution in [0.1, 0.15) is 11.1 Å². The van der Waals surface area contributed by atoms with Gasteiger partial charge >= 0.3 is 0 Å². The normalized spacial score (nSPS) is 9.71. The molecule has 1 N–H and O–H groups in total. The zero-order valence-corrected chi connectivity index (χ0v) is 8.29. The Morgan fingerprint density at radius 2 is 2.21 bits per heavy atom. The molecule has 0 spiro atoms. The molecule has 0 bridgehead atoms. The van der Waals surface area contributed by atoms with E-state index in [0.717, 1.165) is 12.1 Å². The van der Waals surface area contributed by atoms with E-state index in [0.29, 0.717) is 13.2 Å². The van der Waals surface area contributed by atoms with Crippen LogP contribution < -0.4 is 5.32 Å². The van der Waals surface area contributed by atoms with E-state index in [2.05, 4.69) is 11.4 Å². The van der Waals surface area contributed by atoms with Crippen LogP contribution in [0.15, 0.2) is 24.3 Å². The minimum atomic E-state index is 0.383. The highest BCUT2D eigenvalue weighted by Crippen LogP contribution is 2.05. The molecule has 0 saturated carbocycles. The van der Waals surface area contributed by atoms with Crippen molar-refractivity contribution in [2.75, 3.05) is 13.7 Å². The summed E-state index contributed by atoms with van der Waals surface area (Å²) in [7, 11) is 1.68. The molecule has 0 fully saturated rings. The summed E-state index contributed by atoms with van der Waals surface area (Å²) in [4.78, 5) is 0. The first-order valence-corrected chi connectivity index (χ1v) is 4.51. The van der Waals surface area contributed by atoms with Gasteiger partial charge < -0.3 is 10.1 Å². The van der Waals surface area contributed by atoms with Crippen molar-refractivity contribution in [2.45, 2.75) is 13.2 Å². The lowest BCUT2D eigenvalue weighted by Gasteiger charge is -2.04. The van der Waals surface area contributed by atoms with Crippen LogP contribution in [-0.4, -0.2) is 13.7 Å². The van der Waals surface area contributed by atoms with Crippen molar-refractivity contribution < 1.29 is 4.74 Å². The smallest absolute Gasteiger partial charge is 0.0843 e. The van der Waals surface area contributed by atoms with E-state index in [4.69, 9.17) is 10.00 Å². The molecule has 74 valence electrons. The first-order valence-electron chi connectivity index (χ1n) is 4.51. The van der Waals surface area contributed by atoms with Crippen LogP contribution in [0.25, 0.3) is 0 Å². The number of benzene rings is 1. The largest absolute Gasteiger partial charge is 0.380 e. The molecule has 3 heteroatoms. The Balaban J connectivity index is 2.51. The number of nitrogens with one attached hydrogen (secondary N) is 1. The fourth-order valence-corrected chi connectivity index (χ4v) is 1.26. The Hall–Kier alpha value is -1.37. The lowest BCUT2D eigenvalue weighted by atomic mass is 10.1. The van der Waals surface area contributed by atoms with Gasteiger partial charge in [-0.3, -0.25) is 0 Å². The van der Waals surface area contributed by atoms with E-state index in [1.54, 1.807) is 7.11 Å². The Bertz CT molecular complexity index is 317. The third-order valence-electron chi connectivity index (χ3n) is 1.84. The summed E-state index contributed by atoms with van der Waals surface area (Å²) in [5.41, 5.74) is 2.33. The van der Waals surface area contributed by atoms with Crippen LogP contribution in [-0.2, 0) is 17.9 Å². The maximum absolute atomic E-state index is 8.35. The van der Waals surface area contributed by atoms with Crippen molar-refractivity contribution in [3.8, 4) is 6.07 Å². The minimum Gasteiger partial charge on any atom is -0.380 e. The van der Waals surface area contributed by atoms with Gasteiger partial charge in [0.05, 0.1) is 19.2 Å². The second-order valence-electron chi connectivity index (χ2n) is 3.01. The highest BCUT2D eigenvalue weighted by atomic mass is 16.5. The lowest BCUT2D eigenvalue weighted by Crippen LogP contribution is -2.13. The molecule has 0 heterocycles. The highest BCUT2D eigenvalue weighted by molar-refractivity contribution is 5.22. The molecule has 0 saturated heterocycles. The Morgan fingerprint density at radius 3 is 2.93 bits per heavy atom. The van der Waals surface area contributed by atoms with Gasteiger partial charge in [-0.1, -0.05) is 24.3 Å². The maximum atomic E-state index is 8.35. The van der Waals surface area contributed by atoms with E-state index < -0.39 is 0 Å². The summed E-state index contributed by atoms with van der Waals surface area (Å²) < 4.78 is 5.04. The van der Waals surface area contributed by atoms with Crippen LogP contribution in [0.2, 0.25) is 0 Å². The number of nitrogens with zero attached hydrogens (tertiary/aromatic N) is 1. The maximum Gasteiger partial charge on any atom is 0.0843 e. The fourth-order valence-electron chi connectivity index (χ4n) is 1.26. The summed E-state index contributed by atoms with van der Waals surface area (Å²) in [6, 6.07) is 10.2. The zero-order valence-electron chi connectivity index (χ0n) is 8.29. The Morgan fingerprint density at radius 1 is 1.43 bits per heavy atom. The molecule has 0 atom stereocenters. The molecular formula is C11H14N2O. The Labute approximate surface area is 84.3 Å². The predicted molar refractivity (Wildman–Crippen MR) is 54.5 cm³/mol. The number of hydrogen-bond acceptors (Lipinski definition) is 3. The first-order chi connectivity index (χ1) is 6.86. The molecule has 0 unspecified atom stereocenters. The van der Waals surface area contributed by atoms with E-state index in [1.807, 2.05) is 24.3 Å². The number of nitriles is 1. The van der Waals surface area contributed by atoms with Gasteiger partial charge in [0.2, 0.25) is 0 Å². The second kappa shape index (κ2) is 6.14. The quantitative estimate of drug-likeness (QED) is 0.564. The SMILES string of the molecule is COCc1cccc(CNCC#N)c1. The standard InChI is InChI=1S/C11H14N2O/c1-14-9-11-4-2-3-10(7-11)8-13-6-5-12/h2-4,7,13H,6,8-9H2,1H3. The number of methoxy groups -OCH3 is 1. The summed E-state index contributed by atoms with van der Waals surface area (Å²) in [5, 5.41) is 11.4. The van der Waals surface area contributed by atoms with Crippen molar-refractivity contribution >= 4 is 0 Å². The van der Waals surface area contributed by atoms with Gasteiger partial charge in [-0.2, -0.15) is 5.26 Å². The number of ether oxygens (including phenoxy) is 1. The van der Waals surface area contributed by atoms with Crippen molar-refractivity contribution in [1.82, 2.24) is 5.32 Å². The summed E-state index contributed by atoms with van der Waals surface area (Å²) >= 11 is 0. The average molecular weight is 190 g/mol. The third-order valence-corrected chi connectivity index (χ3v) is 1.84. The second-order valence-corrected chi connectivity index (χ2v) is 3.01. The summed E-state index contributed by atoms with van der Waals surface area (Å²) in [6.45, 7) is 1.74. The van der Waals surface area contributed by atoms with Crippen molar-refractivity contribution in [3.05, 3.63) is 35.4 Å². The summed E-state index contributed by atoms with van der Waals surface area (Å²) in [6.07, 6.45) is 0. The van der Waals surface area contributed by atoms with Crippen molar-refractivity contribution in [3.63, 3.8) is 0 Å². The van der Waals surface area contributed by atoms with Gasteiger partial charge in [0, 0.05) is 13.7 Å². The van der Waals surface area contributed by atoms with Crippen molar-refractivity contribution in [1.29, 1.82) is 5.26 Å². The third kappa shape index (κ3) is 3.56. The summed E-state index contributed by atoms with van der Waals surface area (Å²) in [5.74, 6) is 0. The average Bonchev–Trinajstić information content (AvgIpc) is 2.19. The highest BCUT2D eigenvalue weighted by Gasteiger charge is 1.94. The van der Waals surface area contributed by atoms with Gasteiger partial charge in [0.1, 0.15) is 0 Å². The molecule has 0 radical (unpaired) electrons. The predicted octanol–water partition coefficient (Wildman–Crippen LogP) is 1.45. The fraction of sp³-hybridized carbons (Fsp3) is 0.364. The van der Waals surface area contributed by atoms with Crippen LogP contribution in [0.3, 0.4) is 0 Å². The zero-order chi connectivity index (χ0) is 10.2. The minimum absolute atomic E-state index is 0.383. The van der Waals surface area contributed by atoms with Crippen LogP contribution >= 0.6 is 0 Å². The molecule has 1 rings (SSSR count). The van der Waals surface area contributed by atoms with Crippen LogP contribution in [0, 0.1) is 11.3 Å². The van der Waals surface area contributed by atoms with E-state index in [9.17, 15) is 0 Å². The van der Waals surface area contributed by atoms with Crippen LogP contribution in [0.5, 0.6) is 0 Å². The van der Waals surface area contributed by atoms with Gasteiger partial charge in [-0.25, -0.2) is 0 Å². The molecule has 0 aliphatic carbocycles. The van der Waals surface area contributed by atoms with Gasteiger partial charge in [0.25, 0.3) is 0 Å². The molecule has 1 aromatic rings. The van der Waals surface area contributed by atoms with Gasteiger partial charge in [-0.15, -0.1) is 0 Å². The van der Waals surface area contributed by atoms with Gasteiger partial charge in [-0.05, 0) is 11.1 Å². The molecule has 1 aromatic carbocycles. The number of rotatable bonds is 5. The Kier molecular flexibility index (Phi) is 4.70. The topological polar surface area (TPSA) is 45.0 Å². The molecule has 3 nitrogen and oxygen atoms in total. The molecule has 0 amide bonds.